The molecule has 1 aromatic heterocycles. The molecule has 1 amide bonds. The van der Waals surface area contributed by atoms with Crippen LogP contribution in [-0.4, -0.2) is 46.1 Å². The molecule has 3 unspecified atom stereocenters. The average molecular weight is 339 g/mol. The molecule has 132 valence electrons. The van der Waals surface area contributed by atoms with Crippen LogP contribution in [0.1, 0.15) is 30.4 Å². The van der Waals surface area contributed by atoms with Gasteiger partial charge in [-0.25, -0.2) is 0 Å². The summed E-state index contributed by atoms with van der Waals surface area (Å²) in [4.78, 5) is 18.7. The molecule has 1 aromatic carbocycles. The molecule has 3 atom stereocenters. The van der Waals surface area contributed by atoms with Crippen LogP contribution in [0.15, 0.2) is 54.9 Å². The van der Waals surface area contributed by atoms with Crippen molar-refractivity contribution in [3.05, 3.63) is 66.0 Å². The number of aliphatic hydroxyl groups is 1. The Hall–Kier alpha value is -2.24. The summed E-state index contributed by atoms with van der Waals surface area (Å²) >= 11 is 0. The zero-order valence-corrected chi connectivity index (χ0v) is 14.5. The molecule has 0 aliphatic carbocycles. The van der Waals surface area contributed by atoms with Crippen LogP contribution >= 0.6 is 0 Å². The van der Waals surface area contributed by atoms with Gasteiger partial charge in [0, 0.05) is 38.1 Å². The summed E-state index contributed by atoms with van der Waals surface area (Å²) in [6.45, 7) is 3.87. The standard InChI is InChI=1S/C20H25N3O2/c1-15(17-8-5-9-21-11-17)20(25)22-12-18-10-19(24)14-23(18)13-16-6-3-2-4-7-16/h2-9,11,15,18-19,24H,10,12-14H2,1H3,(H,22,25). The normalized spacial score (nSPS) is 21.8. The summed E-state index contributed by atoms with van der Waals surface area (Å²) in [5.41, 5.74) is 2.13. The van der Waals surface area contributed by atoms with Crippen LogP contribution in [-0.2, 0) is 11.3 Å². The predicted octanol–water partition coefficient (Wildman–Crippen LogP) is 1.94. The van der Waals surface area contributed by atoms with Crippen LogP contribution in [0.5, 0.6) is 0 Å². The molecule has 1 fully saturated rings. The first-order valence-electron chi connectivity index (χ1n) is 8.77. The maximum Gasteiger partial charge on any atom is 0.227 e. The average Bonchev–Trinajstić information content (AvgIpc) is 3.00. The smallest absolute Gasteiger partial charge is 0.227 e. The highest BCUT2D eigenvalue weighted by Gasteiger charge is 2.31. The van der Waals surface area contributed by atoms with Crippen molar-refractivity contribution < 1.29 is 9.90 Å². The highest BCUT2D eigenvalue weighted by Crippen LogP contribution is 2.21. The van der Waals surface area contributed by atoms with E-state index >= 15 is 0 Å². The molecule has 5 heteroatoms. The van der Waals surface area contributed by atoms with Gasteiger partial charge < -0.3 is 10.4 Å². The summed E-state index contributed by atoms with van der Waals surface area (Å²) in [6, 6.07) is 14.1. The highest BCUT2D eigenvalue weighted by molar-refractivity contribution is 5.83. The molecule has 0 spiro atoms. The van der Waals surface area contributed by atoms with Gasteiger partial charge >= 0.3 is 0 Å². The highest BCUT2D eigenvalue weighted by atomic mass is 16.3. The quantitative estimate of drug-likeness (QED) is 0.844. The Bertz CT molecular complexity index is 678. The number of pyridine rings is 1. The van der Waals surface area contributed by atoms with Gasteiger partial charge in [0.25, 0.3) is 0 Å². The Morgan fingerprint density at radius 2 is 2.12 bits per heavy atom. The third kappa shape index (κ3) is 4.65. The lowest BCUT2D eigenvalue weighted by Crippen LogP contribution is -2.41. The lowest BCUT2D eigenvalue weighted by molar-refractivity contribution is -0.122. The molecule has 0 saturated carbocycles. The van der Waals surface area contributed by atoms with E-state index < -0.39 is 0 Å². The van der Waals surface area contributed by atoms with Gasteiger partial charge in [0.15, 0.2) is 0 Å². The van der Waals surface area contributed by atoms with Crippen LogP contribution in [0.3, 0.4) is 0 Å². The number of hydrogen-bond donors (Lipinski definition) is 2. The molecule has 3 rings (SSSR count). The topological polar surface area (TPSA) is 65.5 Å². The van der Waals surface area contributed by atoms with Crippen molar-refractivity contribution >= 4 is 5.91 Å². The molecule has 25 heavy (non-hydrogen) atoms. The molecule has 1 aliphatic heterocycles. The minimum Gasteiger partial charge on any atom is -0.392 e. The van der Waals surface area contributed by atoms with Crippen molar-refractivity contribution in [2.75, 3.05) is 13.1 Å². The Labute approximate surface area is 148 Å². The minimum atomic E-state index is -0.332. The molecule has 2 heterocycles. The monoisotopic (exact) mass is 339 g/mol. The summed E-state index contributed by atoms with van der Waals surface area (Å²) in [5, 5.41) is 13.1. The van der Waals surface area contributed by atoms with Gasteiger partial charge in [-0.3, -0.25) is 14.7 Å². The number of hydrogen-bond acceptors (Lipinski definition) is 4. The SMILES string of the molecule is CC(C(=O)NCC1CC(O)CN1Cc1ccccc1)c1cccnc1. The van der Waals surface area contributed by atoms with E-state index in [1.807, 2.05) is 37.3 Å². The van der Waals surface area contributed by atoms with E-state index in [4.69, 9.17) is 0 Å². The molecule has 2 N–H and O–H groups in total. The second-order valence-corrected chi connectivity index (χ2v) is 6.71. The van der Waals surface area contributed by atoms with Gasteiger partial charge in [0.05, 0.1) is 12.0 Å². The Kier molecular flexibility index (Phi) is 5.79. The van der Waals surface area contributed by atoms with Gasteiger partial charge in [-0.2, -0.15) is 0 Å². The Morgan fingerprint density at radius 3 is 2.84 bits per heavy atom. The summed E-state index contributed by atoms with van der Waals surface area (Å²) in [7, 11) is 0. The lowest BCUT2D eigenvalue weighted by atomic mass is 10.0. The molecule has 0 radical (unpaired) electrons. The van der Waals surface area contributed by atoms with Crippen LogP contribution < -0.4 is 5.32 Å². The minimum absolute atomic E-state index is 0.00551. The van der Waals surface area contributed by atoms with E-state index in [1.54, 1.807) is 12.4 Å². The lowest BCUT2D eigenvalue weighted by Gasteiger charge is -2.25. The maximum absolute atomic E-state index is 12.4. The molecule has 5 nitrogen and oxygen atoms in total. The van der Waals surface area contributed by atoms with Crippen molar-refractivity contribution in [3.63, 3.8) is 0 Å². The van der Waals surface area contributed by atoms with E-state index in [1.165, 1.54) is 5.56 Å². The van der Waals surface area contributed by atoms with Crippen LogP contribution in [0.2, 0.25) is 0 Å². The summed E-state index contributed by atoms with van der Waals surface area (Å²) < 4.78 is 0. The number of carbonyl (C=O) groups excluding carboxylic acids is 1. The van der Waals surface area contributed by atoms with Gasteiger partial charge in [0.2, 0.25) is 5.91 Å². The van der Waals surface area contributed by atoms with Crippen LogP contribution in [0.25, 0.3) is 0 Å². The number of rotatable bonds is 6. The van der Waals surface area contributed by atoms with Crippen molar-refractivity contribution in [2.24, 2.45) is 0 Å². The zero-order chi connectivity index (χ0) is 17.6. The van der Waals surface area contributed by atoms with Crippen molar-refractivity contribution in [1.29, 1.82) is 0 Å². The van der Waals surface area contributed by atoms with Crippen LogP contribution in [0, 0.1) is 0 Å². The van der Waals surface area contributed by atoms with E-state index in [-0.39, 0.29) is 24.0 Å². The fourth-order valence-electron chi connectivity index (χ4n) is 3.34. The first-order chi connectivity index (χ1) is 12.1. The van der Waals surface area contributed by atoms with Crippen molar-refractivity contribution in [2.45, 2.75) is 38.0 Å². The fraction of sp³-hybridized carbons (Fsp3) is 0.400. The molecule has 1 aliphatic rings. The number of aromatic nitrogens is 1. The number of aliphatic hydroxyl groups excluding tert-OH is 1. The second kappa shape index (κ2) is 8.23. The number of likely N-dealkylation sites (tertiary alicyclic amines) is 1. The molecule has 1 saturated heterocycles. The maximum atomic E-state index is 12.4. The largest absolute Gasteiger partial charge is 0.392 e. The summed E-state index contributed by atoms with van der Waals surface area (Å²) in [5.74, 6) is -0.239. The third-order valence-electron chi connectivity index (χ3n) is 4.82. The first kappa shape index (κ1) is 17.6. The molecular formula is C20H25N3O2. The fourth-order valence-corrected chi connectivity index (χ4v) is 3.34. The van der Waals surface area contributed by atoms with Gasteiger partial charge in [-0.15, -0.1) is 0 Å². The van der Waals surface area contributed by atoms with E-state index in [0.717, 1.165) is 12.1 Å². The van der Waals surface area contributed by atoms with Crippen molar-refractivity contribution in [1.82, 2.24) is 15.2 Å². The zero-order valence-electron chi connectivity index (χ0n) is 14.5. The number of nitrogens with zero attached hydrogens (tertiary/aromatic N) is 2. The van der Waals surface area contributed by atoms with E-state index in [9.17, 15) is 9.90 Å². The van der Waals surface area contributed by atoms with Crippen molar-refractivity contribution in [3.8, 4) is 0 Å². The number of benzene rings is 1. The van der Waals surface area contributed by atoms with Crippen LogP contribution in [0.4, 0.5) is 0 Å². The molecule has 0 bridgehead atoms. The second-order valence-electron chi connectivity index (χ2n) is 6.71. The predicted molar refractivity (Wildman–Crippen MR) is 96.9 cm³/mol. The third-order valence-corrected chi connectivity index (χ3v) is 4.82. The Balaban J connectivity index is 1.56. The van der Waals surface area contributed by atoms with Gasteiger partial charge in [-0.05, 0) is 30.5 Å². The number of carbonyl (C=O) groups is 1. The number of β-amino-alcohol motifs (C(OH)–C–C–N with tert-alkyl or cyclic N) is 1. The van der Waals surface area contributed by atoms with Gasteiger partial charge in [-0.1, -0.05) is 36.4 Å². The summed E-state index contributed by atoms with van der Waals surface area (Å²) in [6.07, 6.45) is 3.79. The van der Waals surface area contributed by atoms with E-state index in [0.29, 0.717) is 19.5 Å². The number of nitrogens with one attached hydrogen (secondary N) is 1. The molecular weight excluding hydrogens is 314 g/mol. The number of amides is 1. The first-order valence-corrected chi connectivity index (χ1v) is 8.77. The molecule has 2 aromatic rings. The Morgan fingerprint density at radius 1 is 1.32 bits per heavy atom. The van der Waals surface area contributed by atoms with E-state index in [2.05, 4.69) is 27.3 Å². The van der Waals surface area contributed by atoms with Gasteiger partial charge in [0.1, 0.15) is 0 Å².